The molecule has 94 valence electrons. The molecule has 0 spiro atoms. The molecule has 1 unspecified atom stereocenters. The Morgan fingerprint density at radius 2 is 2.00 bits per heavy atom. The summed E-state index contributed by atoms with van der Waals surface area (Å²) >= 11 is 11.1. The molecule has 0 fully saturated rings. The van der Waals surface area contributed by atoms with Gasteiger partial charge < -0.3 is 5.73 Å². The third-order valence-corrected chi connectivity index (χ3v) is 6.01. The van der Waals surface area contributed by atoms with E-state index >= 15 is 0 Å². The first-order chi connectivity index (χ1) is 8.65. The van der Waals surface area contributed by atoms with Gasteiger partial charge in [0, 0.05) is 4.88 Å². The van der Waals surface area contributed by atoms with E-state index in [1.165, 1.54) is 36.0 Å². The Kier molecular flexibility index (Phi) is 3.50. The molecule has 2 aromatic rings. The summed E-state index contributed by atoms with van der Waals surface area (Å²) in [6.45, 7) is 0. The third-order valence-electron chi connectivity index (χ3n) is 3.45. The average Bonchev–Trinajstić information content (AvgIpc) is 2.95. The molecule has 1 heterocycles. The van der Waals surface area contributed by atoms with Crippen LogP contribution in [0.25, 0.3) is 0 Å². The summed E-state index contributed by atoms with van der Waals surface area (Å²) in [7, 11) is 0. The molecule has 1 aliphatic carbocycles. The van der Waals surface area contributed by atoms with Crippen molar-refractivity contribution in [2.75, 3.05) is 0 Å². The van der Waals surface area contributed by atoms with Gasteiger partial charge in [-0.25, -0.2) is 0 Å². The lowest BCUT2D eigenvalue weighted by atomic mass is 10.0. The van der Waals surface area contributed by atoms with E-state index in [4.69, 9.17) is 17.3 Å². The molecule has 1 atom stereocenters. The van der Waals surface area contributed by atoms with Gasteiger partial charge in [-0.05, 0) is 57.9 Å². The van der Waals surface area contributed by atoms with Gasteiger partial charge in [-0.15, -0.1) is 11.3 Å². The Bertz CT molecular complexity index is 574. The van der Waals surface area contributed by atoms with Gasteiger partial charge in [0.2, 0.25) is 0 Å². The van der Waals surface area contributed by atoms with Gasteiger partial charge in [-0.1, -0.05) is 29.8 Å². The Hall–Kier alpha value is -0.350. The minimum atomic E-state index is -0.0790. The number of aryl methyl sites for hydroxylation is 2. The molecule has 0 amide bonds. The Morgan fingerprint density at radius 3 is 2.72 bits per heavy atom. The smallest absolute Gasteiger partial charge is 0.0888 e. The Balaban J connectivity index is 1.94. The van der Waals surface area contributed by atoms with Crippen molar-refractivity contribution in [1.29, 1.82) is 0 Å². The monoisotopic (exact) mass is 341 g/mol. The number of rotatable bonds is 2. The van der Waals surface area contributed by atoms with E-state index in [0.29, 0.717) is 0 Å². The second-order valence-corrected chi connectivity index (χ2v) is 7.44. The number of hydrogen-bond acceptors (Lipinski definition) is 2. The van der Waals surface area contributed by atoms with Gasteiger partial charge in [-0.2, -0.15) is 0 Å². The zero-order valence-corrected chi connectivity index (χ0v) is 12.9. The molecule has 0 radical (unpaired) electrons. The van der Waals surface area contributed by atoms with Crippen LogP contribution in [-0.4, -0.2) is 0 Å². The molecule has 1 nitrogen and oxygen atoms in total. The van der Waals surface area contributed by atoms with E-state index in [2.05, 4.69) is 34.1 Å². The number of benzene rings is 1. The van der Waals surface area contributed by atoms with Crippen LogP contribution in [0, 0.1) is 0 Å². The fourth-order valence-corrected chi connectivity index (χ4v) is 4.24. The molecule has 4 heteroatoms. The van der Waals surface area contributed by atoms with E-state index in [-0.39, 0.29) is 6.04 Å². The molecule has 1 aromatic heterocycles. The van der Waals surface area contributed by atoms with E-state index in [9.17, 15) is 0 Å². The Morgan fingerprint density at radius 1 is 1.22 bits per heavy atom. The van der Waals surface area contributed by atoms with Crippen molar-refractivity contribution in [3.05, 3.63) is 54.6 Å². The number of nitrogens with two attached hydrogens (primary N) is 1. The predicted octanol–water partition coefficient (Wildman–Crippen LogP) is 4.70. The van der Waals surface area contributed by atoms with Crippen molar-refractivity contribution in [1.82, 2.24) is 0 Å². The quantitative estimate of drug-likeness (QED) is 0.841. The summed E-state index contributed by atoms with van der Waals surface area (Å²) in [5.41, 5.74) is 10.5. The maximum atomic E-state index is 6.32. The van der Waals surface area contributed by atoms with Gasteiger partial charge in [0.1, 0.15) is 0 Å². The van der Waals surface area contributed by atoms with Crippen molar-refractivity contribution in [2.45, 2.75) is 25.3 Å². The molecular formula is C14H13BrClNS. The minimum absolute atomic E-state index is 0.0790. The molecule has 0 saturated carbocycles. The minimum Gasteiger partial charge on any atom is -0.320 e. The Labute approximate surface area is 124 Å². The average molecular weight is 343 g/mol. The van der Waals surface area contributed by atoms with Crippen molar-refractivity contribution < 1.29 is 0 Å². The van der Waals surface area contributed by atoms with Crippen molar-refractivity contribution in [3.63, 3.8) is 0 Å². The first kappa shape index (κ1) is 12.7. The van der Waals surface area contributed by atoms with Crippen LogP contribution in [0.1, 0.15) is 34.0 Å². The molecule has 0 bridgehead atoms. The largest absolute Gasteiger partial charge is 0.320 e. The highest BCUT2D eigenvalue weighted by atomic mass is 79.9. The van der Waals surface area contributed by atoms with E-state index in [1.807, 2.05) is 6.07 Å². The zero-order chi connectivity index (χ0) is 12.7. The van der Waals surface area contributed by atoms with Gasteiger partial charge in [0.25, 0.3) is 0 Å². The first-order valence-corrected chi connectivity index (χ1v) is 7.96. The first-order valence-electron chi connectivity index (χ1n) is 5.97. The molecule has 0 aliphatic heterocycles. The SMILES string of the molecule is NC(c1ccc2c(c1)CCC2)c1cc(Cl)c(Br)s1. The van der Waals surface area contributed by atoms with Crippen LogP contribution >= 0.6 is 38.9 Å². The second kappa shape index (κ2) is 4.97. The molecule has 1 aliphatic rings. The lowest BCUT2D eigenvalue weighted by molar-refractivity contribution is 0.887. The highest BCUT2D eigenvalue weighted by Gasteiger charge is 2.17. The van der Waals surface area contributed by atoms with Crippen molar-refractivity contribution in [2.24, 2.45) is 5.73 Å². The lowest BCUT2D eigenvalue weighted by Gasteiger charge is -2.11. The zero-order valence-electron chi connectivity index (χ0n) is 9.75. The van der Waals surface area contributed by atoms with Crippen LogP contribution in [0.2, 0.25) is 5.02 Å². The summed E-state index contributed by atoms with van der Waals surface area (Å²) in [5, 5.41) is 0.742. The van der Waals surface area contributed by atoms with Crippen LogP contribution in [-0.2, 0) is 12.8 Å². The summed E-state index contributed by atoms with van der Waals surface area (Å²) in [4.78, 5) is 1.10. The topological polar surface area (TPSA) is 26.0 Å². The fraction of sp³-hybridized carbons (Fsp3) is 0.286. The molecule has 2 N–H and O–H groups in total. The van der Waals surface area contributed by atoms with Crippen LogP contribution in [0.4, 0.5) is 0 Å². The fourth-order valence-electron chi connectivity index (χ4n) is 2.47. The maximum absolute atomic E-state index is 6.32. The molecule has 0 saturated heterocycles. The molecule has 18 heavy (non-hydrogen) atoms. The number of hydrogen-bond donors (Lipinski definition) is 1. The molecule has 3 rings (SSSR count). The number of halogens is 2. The molecule has 1 aromatic carbocycles. The van der Waals surface area contributed by atoms with Crippen LogP contribution in [0.15, 0.2) is 28.1 Å². The van der Waals surface area contributed by atoms with Crippen molar-refractivity contribution >= 4 is 38.9 Å². The van der Waals surface area contributed by atoms with Crippen LogP contribution < -0.4 is 5.73 Å². The summed E-state index contributed by atoms with van der Waals surface area (Å²) in [6.07, 6.45) is 3.66. The van der Waals surface area contributed by atoms with E-state index < -0.39 is 0 Å². The van der Waals surface area contributed by atoms with Crippen LogP contribution in [0.5, 0.6) is 0 Å². The normalized spacial score (nSPS) is 15.7. The van der Waals surface area contributed by atoms with Gasteiger partial charge in [0.15, 0.2) is 0 Å². The van der Waals surface area contributed by atoms with E-state index in [1.54, 1.807) is 11.3 Å². The van der Waals surface area contributed by atoms with Gasteiger partial charge in [0.05, 0.1) is 14.9 Å². The van der Waals surface area contributed by atoms with Gasteiger partial charge in [-0.3, -0.25) is 0 Å². The maximum Gasteiger partial charge on any atom is 0.0888 e. The number of fused-ring (bicyclic) bond motifs is 1. The second-order valence-electron chi connectivity index (χ2n) is 4.63. The third kappa shape index (κ3) is 2.25. The summed E-state index contributed by atoms with van der Waals surface area (Å²) in [6, 6.07) is 8.51. The standard InChI is InChI=1S/C14H13BrClNS/c15-14-11(16)7-12(18-14)13(17)10-5-4-8-2-1-3-9(8)6-10/h4-7,13H,1-3,17H2. The highest BCUT2D eigenvalue weighted by Crippen LogP contribution is 2.37. The van der Waals surface area contributed by atoms with Crippen molar-refractivity contribution in [3.8, 4) is 0 Å². The number of thiophene rings is 1. The van der Waals surface area contributed by atoms with Crippen LogP contribution in [0.3, 0.4) is 0 Å². The molecular weight excluding hydrogens is 330 g/mol. The van der Waals surface area contributed by atoms with Gasteiger partial charge >= 0.3 is 0 Å². The highest BCUT2D eigenvalue weighted by molar-refractivity contribution is 9.11. The predicted molar refractivity (Wildman–Crippen MR) is 81.5 cm³/mol. The summed E-state index contributed by atoms with van der Waals surface area (Å²) < 4.78 is 0.954. The summed E-state index contributed by atoms with van der Waals surface area (Å²) in [5.74, 6) is 0. The lowest BCUT2D eigenvalue weighted by Crippen LogP contribution is -2.10. The van der Waals surface area contributed by atoms with E-state index in [0.717, 1.165) is 13.7 Å².